The van der Waals surface area contributed by atoms with Crippen molar-refractivity contribution in [2.45, 2.75) is 20.3 Å². The first-order valence-electron chi connectivity index (χ1n) is 6.39. The maximum absolute atomic E-state index is 11.8. The third-order valence-electron chi connectivity index (χ3n) is 2.61. The Labute approximate surface area is 114 Å². The number of carbonyl (C=O) groups excluding carboxylic acids is 1. The Kier molecular flexibility index (Phi) is 8.61. The molecule has 0 aliphatic carbocycles. The number of nitrogens with one attached hydrogen (secondary N) is 1. The average molecular weight is 272 g/mol. The predicted octanol–water partition coefficient (Wildman–Crippen LogP) is 0.923. The molecule has 3 N–H and O–H groups in total. The molecule has 1 unspecified atom stereocenters. The fraction of sp³-hybridized carbons (Fsp3) is 0.692. The molecule has 6 heteroatoms. The van der Waals surface area contributed by atoms with Gasteiger partial charge in [0.25, 0.3) is 0 Å². The van der Waals surface area contributed by atoms with Crippen LogP contribution in [0.4, 0.5) is 4.79 Å². The van der Waals surface area contributed by atoms with Crippen LogP contribution >= 0.6 is 0 Å². The van der Waals surface area contributed by atoms with Gasteiger partial charge in [-0.25, -0.2) is 4.79 Å². The fourth-order valence-corrected chi connectivity index (χ4v) is 1.72. The Balaban J connectivity index is 4.35. The van der Waals surface area contributed by atoms with Crippen LogP contribution < -0.4 is 5.32 Å². The van der Waals surface area contributed by atoms with E-state index in [0.29, 0.717) is 13.0 Å². The van der Waals surface area contributed by atoms with Crippen molar-refractivity contribution in [3.8, 4) is 0 Å². The summed E-state index contributed by atoms with van der Waals surface area (Å²) in [5.41, 5.74) is 0. The van der Waals surface area contributed by atoms with Crippen LogP contribution in [0.2, 0.25) is 0 Å². The molecular formula is C13H24N2O4. The van der Waals surface area contributed by atoms with Crippen molar-refractivity contribution in [1.82, 2.24) is 10.2 Å². The van der Waals surface area contributed by atoms with Gasteiger partial charge < -0.3 is 20.4 Å². The number of aliphatic hydroxyl groups is 1. The van der Waals surface area contributed by atoms with Crippen molar-refractivity contribution in [2.75, 3.05) is 26.2 Å². The molecule has 0 bridgehead atoms. The Hall–Kier alpha value is -1.56. The minimum absolute atomic E-state index is 0.0887. The topological polar surface area (TPSA) is 89.9 Å². The molecule has 0 aromatic rings. The van der Waals surface area contributed by atoms with Gasteiger partial charge in [-0.05, 0) is 12.3 Å². The van der Waals surface area contributed by atoms with Gasteiger partial charge in [-0.3, -0.25) is 4.79 Å². The van der Waals surface area contributed by atoms with Crippen molar-refractivity contribution in [3.05, 3.63) is 12.7 Å². The zero-order chi connectivity index (χ0) is 14.8. The fourth-order valence-electron chi connectivity index (χ4n) is 1.72. The zero-order valence-corrected chi connectivity index (χ0v) is 11.6. The number of rotatable bonds is 9. The maximum Gasteiger partial charge on any atom is 0.317 e. The van der Waals surface area contributed by atoms with E-state index in [-0.39, 0.29) is 31.6 Å². The second-order valence-electron chi connectivity index (χ2n) is 4.81. The second-order valence-corrected chi connectivity index (χ2v) is 4.81. The lowest BCUT2D eigenvalue weighted by Crippen LogP contribution is -2.44. The summed E-state index contributed by atoms with van der Waals surface area (Å²) in [6.45, 7) is 7.86. The van der Waals surface area contributed by atoms with Crippen molar-refractivity contribution in [3.63, 3.8) is 0 Å². The quantitative estimate of drug-likeness (QED) is 0.544. The van der Waals surface area contributed by atoms with Gasteiger partial charge in [0, 0.05) is 19.6 Å². The van der Waals surface area contributed by atoms with Gasteiger partial charge in [-0.1, -0.05) is 19.9 Å². The largest absolute Gasteiger partial charge is 0.481 e. The van der Waals surface area contributed by atoms with Crippen LogP contribution in [0.25, 0.3) is 0 Å². The smallest absolute Gasteiger partial charge is 0.317 e. The highest BCUT2D eigenvalue weighted by atomic mass is 16.4. The van der Waals surface area contributed by atoms with Gasteiger partial charge in [0.15, 0.2) is 0 Å². The van der Waals surface area contributed by atoms with Gasteiger partial charge in [0.1, 0.15) is 0 Å². The summed E-state index contributed by atoms with van der Waals surface area (Å²) in [7, 11) is 0. The summed E-state index contributed by atoms with van der Waals surface area (Å²) < 4.78 is 0. The van der Waals surface area contributed by atoms with E-state index in [9.17, 15) is 9.59 Å². The van der Waals surface area contributed by atoms with E-state index < -0.39 is 11.9 Å². The van der Waals surface area contributed by atoms with E-state index in [0.717, 1.165) is 0 Å². The highest BCUT2D eigenvalue weighted by Gasteiger charge is 2.21. The molecule has 0 aliphatic heterocycles. The molecule has 0 fully saturated rings. The Morgan fingerprint density at radius 1 is 1.42 bits per heavy atom. The third-order valence-corrected chi connectivity index (χ3v) is 2.61. The molecule has 0 aliphatic rings. The molecule has 0 saturated heterocycles. The molecule has 19 heavy (non-hydrogen) atoms. The first-order valence-corrected chi connectivity index (χ1v) is 6.39. The Morgan fingerprint density at radius 3 is 2.47 bits per heavy atom. The first kappa shape index (κ1) is 17.4. The van der Waals surface area contributed by atoms with Crippen LogP contribution in [0.3, 0.4) is 0 Å². The molecule has 0 radical (unpaired) electrons. The van der Waals surface area contributed by atoms with E-state index in [1.165, 1.54) is 4.90 Å². The third kappa shape index (κ3) is 7.46. The number of amides is 2. The lowest BCUT2D eigenvalue weighted by Gasteiger charge is -2.22. The Morgan fingerprint density at radius 2 is 2.05 bits per heavy atom. The van der Waals surface area contributed by atoms with E-state index >= 15 is 0 Å². The molecule has 0 spiro atoms. The summed E-state index contributed by atoms with van der Waals surface area (Å²) in [5.74, 6) is -1.25. The second kappa shape index (κ2) is 9.38. The number of hydrogen-bond donors (Lipinski definition) is 3. The number of aliphatic carboxylic acids is 1. The summed E-state index contributed by atoms with van der Waals surface area (Å²) in [5, 5.41) is 20.5. The van der Waals surface area contributed by atoms with Crippen LogP contribution in [0, 0.1) is 11.8 Å². The molecule has 110 valence electrons. The van der Waals surface area contributed by atoms with Crippen molar-refractivity contribution in [2.24, 2.45) is 11.8 Å². The SMILES string of the molecule is C=CCN(CCO)C(=O)NCC(CC(C)C)C(=O)O. The van der Waals surface area contributed by atoms with Gasteiger partial charge in [0.05, 0.1) is 12.5 Å². The number of hydrogen-bond acceptors (Lipinski definition) is 3. The number of carboxylic acid groups (broad SMARTS) is 1. The molecule has 0 aromatic carbocycles. The van der Waals surface area contributed by atoms with E-state index in [1.807, 2.05) is 13.8 Å². The summed E-state index contributed by atoms with van der Waals surface area (Å²) in [6.07, 6.45) is 2.06. The number of nitrogens with zero attached hydrogens (tertiary/aromatic N) is 1. The Bertz CT molecular complexity index is 305. The van der Waals surface area contributed by atoms with Gasteiger partial charge in [-0.15, -0.1) is 6.58 Å². The minimum atomic E-state index is -0.911. The molecule has 0 rings (SSSR count). The lowest BCUT2D eigenvalue weighted by atomic mass is 9.97. The molecule has 0 aromatic heterocycles. The monoisotopic (exact) mass is 272 g/mol. The summed E-state index contributed by atoms with van der Waals surface area (Å²) in [6, 6.07) is -0.385. The van der Waals surface area contributed by atoms with Crippen LogP contribution in [-0.4, -0.2) is 53.4 Å². The summed E-state index contributed by atoms with van der Waals surface area (Å²) in [4.78, 5) is 24.2. The highest BCUT2D eigenvalue weighted by Crippen LogP contribution is 2.11. The van der Waals surface area contributed by atoms with Crippen LogP contribution in [0.1, 0.15) is 20.3 Å². The normalized spacial score (nSPS) is 12.0. The standard InChI is InChI=1S/C13H24N2O4/c1-4-5-15(6-7-16)13(19)14-9-11(12(17)18)8-10(2)3/h4,10-11,16H,1,5-9H2,2-3H3,(H,14,19)(H,17,18). The van der Waals surface area contributed by atoms with Crippen LogP contribution in [0.5, 0.6) is 0 Å². The number of carbonyl (C=O) groups is 2. The van der Waals surface area contributed by atoms with Crippen molar-refractivity contribution < 1.29 is 19.8 Å². The molecule has 2 amide bonds. The highest BCUT2D eigenvalue weighted by molar-refractivity contribution is 5.76. The average Bonchev–Trinajstić information content (AvgIpc) is 2.33. The van der Waals surface area contributed by atoms with Gasteiger partial charge in [-0.2, -0.15) is 0 Å². The molecule has 0 saturated carbocycles. The minimum Gasteiger partial charge on any atom is -0.481 e. The molecular weight excluding hydrogens is 248 g/mol. The predicted molar refractivity (Wildman–Crippen MR) is 72.8 cm³/mol. The van der Waals surface area contributed by atoms with E-state index in [2.05, 4.69) is 11.9 Å². The lowest BCUT2D eigenvalue weighted by molar-refractivity contribution is -0.142. The van der Waals surface area contributed by atoms with Gasteiger partial charge in [0.2, 0.25) is 0 Å². The van der Waals surface area contributed by atoms with Crippen LogP contribution in [-0.2, 0) is 4.79 Å². The van der Waals surface area contributed by atoms with Crippen LogP contribution in [0.15, 0.2) is 12.7 Å². The number of urea groups is 1. The number of aliphatic hydroxyl groups excluding tert-OH is 1. The van der Waals surface area contributed by atoms with Crippen molar-refractivity contribution >= 4 is 12.0 Å². The maximum atomic E-state index is 11.8. The molecule has 1 atom stereocenters. The van der Waals surface area contributed by atoms with Crippen molar-refractivity contribution in [1.29, 1.82) is 0 Å². The number of carboxylic acids is 1. The first-order chi connectivity index (χ1) is 8.92. The van der Waals surface area contributed by atoms with E-state index in [1.54, 1.807) is 6.08 Å². The molecule has 6 nitrogen and oxygen atoms in total. The summed E-state index contributed by atoms with van der Waals surface area (Å²) >= 11 is 0. The van der Waals surface area contributed by atoms with Gasteiger partial charge >= 0.3 is 12.0 Å². The van der Waals surface area contributed by atoms with E-state index in [4.69, 9.17) is 10.2 Å². The zero-order valence-electron chi connectivity index (χ0n) is 11.6. The molecule has 0 heterocycles.